The highest BCUT2D eigenvalue weighted by Crippen LogP contribution is 2.39. The van der Waals surface area contributed by atoms with Gasteiger partial charge in [-0.05, 0) is 37.0 Å². The van der Waals surface area contributed by atoms with Gasteiger partial charge in [0.05, 0.1) is 5.38 Å². The molecule has 0 aliphatic carbocycles. The molecular weight excluding hydrogens is 244 g/mol. The molecule has 1 atom stereocenters. The number of benzene rings is 1. The first-order chi connectivity index (χ1) is 8.46. The smallest absolute Gasteiger partial charge is 0.123 e. The number of alkyl halides is 1. The number of rotatable bonds is 4. The Morgan fingerprint density at radius 2 is 1.94 bits per heavy atom. The Kier molecular flexibility index (Phi) is 3.91. The van der Waals surface area contributed by atoms with Crippen LogP contribution in [0.3, 0.4) is 0 Å². The van der Waals surface area contributed by atoms with Crippen LogP contribution < -0.4 is 4.74 Å². The summed E-state index contributed by atoms with van der Waals surface area (Å²) < 4.78 is 5.90. The highest BCUT2D eigenvalue weighted by Gasteiger charge is 2.30. The maximum Gasteiger partial charge on any atom is 0.123 e. The zero-order valence-corrected chi connectivity index (χ0v) is 12.6. The Morgan fingerprint density at radius 3 is 2.56 bits per heavy atom. The van der Waals surface area contributed by atoms with Crippen molar-refractivity contribution in [3.8, 4) is 5.75 Å². The van der Waals surface area contributed by atoms with E-state index in [-0.39, 0.29) is 11.0 Å². The molecule has 0 saturated heterocycles. The average molecular weight is 267 g/mol. The number of hydrogen-bond acceptors (Lipinski definition) is 1. The highest BCUT2D eigenvalue weighted by atomic mass is 35.5. The molecule has 1 nitrogen and oxygen atoms in total. The standard InChI is InChI=1S/C16H23ClO/c1-5-11(6-2)15(17)12-7-8-14-13(9-12)10-16(3,4)18-14/h7-9,11,15H,5-6,10H2,1-4H3. The molecule has 0 aromatic heterocycles. The molecule has 0 saturated carbocycles. The van der Waals surface area contributed by atoms with Crippen molar-refractivity contribution in [2.24, 2.45) is 5.92 Å². The third-order valence-corrected chi connectivity index (χ3v) is 4.48. The summed E-state index contributed by atoms with van der Waals surface area (Å²) >= 11 is 6.60. The van der Waals surface area contributed by atoms with Gasteiger partial charge in [0.1, 0.15) is 11.4 Å². The van der Waals surface area contributed by atoms with Gasteiger partial charge < -0.3 is 4.74 Å². The van der Waals surface area contributed by atoms with E-state index in [1.54, 1.807) is 0 Å². The van der Waals surface area contributed by atoms with E-state index in [0.717, 1.165) is 25.0 Å². The van der Waals surface area contributed by atoms with Gasteiger partial charge in [0.2, 0.25) is 0 Å². The van der Waals surface area contributed by atoms with Crippen LogP contribution in [0.25, 0.3) is 0 Å². The Morgan fingerprint density at radius 1 is 1.28 bits per heavy atom. The Balaban J connectivity index is 2.23. The molecule has 0 amide bonds. The normalized spacial score (nSPS) is 18.6. The first-order valence-electron chi connectivity index (χ1n) is 6.92. The van der Waals surface area contributed by atoms with Crippen LogP contribution in [0.1, 0.15) is 57.0 Å². The van der Waals surface area contributed by atoms with Gasteiger partial charge in [0.25, 0.3) is 0 Å². The average Bonchev–Trinajstić information content (AvgIpc) is 2.63. The lowest BCUT2D eigenvalue weighted by Gasteiger charge is -2.20. The zero-order valence-electron chi connectivity index (χ0n) is 11.8. The lowest BCUT2D eigenvalue weighted by molar-refractivity contribution is 0.138. The minimum atomic E-state index is -0.0717. The Hall–Kier alpha value is -0.690. The SMILES string of the molecule is CCC(CC)C(Cl)c1ccc2c(c1)CC(C)(C)O2. The van der Waals surface area contributed by atoms with E-state index in [0.29, 0.717) is 5.92 Å². The van der Waals surface area contributed by atoms with Crippen LogP contribution in [0.5, 0.6) is 5.75 Å². The molecule has 100 valence electrons. The van der Waals surface area contributed by atoms with Gasteiger partial charge >= 0.3 is 0 Å². The third-order valence-electron chi connectivity index (χ3n) is 3.87. The maximum absolute atomic E-state index is 6.60. The molecule has 1 heterocycles. The quantitative estimate of drug-likeness (QED) is 0.688. The molecule has 1 aromatic carbocycles. The lowest BCUT2D eigenvalue weighted by Crippen LogP contribution is -2.24. The fraction of sp³-hybridized carbons (Fsp3) is 0.625. The van der Waals surface area contributed by atoms with Crippen LogP contribution in [0.4, 0.5) is 0 Å². The van der Waals surface area contributed by atoms with Gasteiger partial charge in [-0.1, -0.05) is 38.8 Å². The fourth-order valence-corrected chi connectivity index (χ4v) is 3.27. The van der Waals surface area contributed by atoms with Gasteiger partial charge in [0, 0.05) is 6.42 Å². The molecule has 0 bridgehead atoms. The molecule has 2 heteroatoms. The highest BCUT2D eigenvalue weighted by molar-refractivity contribution is 6.21. The molecule has 0 spiro atoms. The summed E-state index contributed by atoms with van der Waals surface area (Å²) in [6.45, 7) is 8.68. The molecule has 18 heavy (non-hydrogen) atoms. The van der Waals surface area contributed by atoms with Gasteiger partial charge in [-0.2, -0.15) is 0 Å². The van der Waals surface area contributed by atoms with E-state index < -0.39 is 0 Å². The lowest BCUT2D eigenvalue weighted by atomic mass is 9.92. The summed E-state index contributed by atoms with van der Waals surface area (Å²) in [5.74, 6) is 1.58. The van der Waals surface area contributed by atoms with E-state index in [1.165, 1.54) is 11.1 Å². The van der Waals surface area contributed by atoms with Crippen molar-refractivity contribution in [2.75, 3.05) is 0 Å². The minimum absolute atomic E-state index is 0.0717. The summed E-state index contributed by atoms with van der Waals surface area (Å²) in [6, 6.07) is 6.44. The van der Waals surface area contributed by atoms with Crippen molar-refractivity contribution in [1.29, 1.82) is 0 Å². The molecule has 0 fully saturated rings. The summed E-state index contributed by atoms with van der Waals surface area (Å²) in [5, 5.41) is 0.119. The zero-order chi connectivity index (χ0) is 13.3. The van der Waals surface area contributed by atoms with E-state index in [4.69, 9.17) is 16.3 Å². The van der Waals surface area contributed by atoms with Crippen molar-refractivity contribution in [3.05, 3.63) is 29.3 Å². The first-order valence-corrected chi connectivity index (χ1v) is 7.36. The molecule has 2 rings (SSSR count). The first kappa shape index (κ1) is 13.7. The number of halogens is 1. The van der Waals surface area contributed by atoms with Crippen molar-refractivity contribution in [1.82, 2.24) is 0 Å². The molecule has 1 aliphatic rings. The third kappa shape index (κ3) is 2.66. The van der Waals surface area contributed by atoms with Crippen LogP contribution in [0.2, 0.25) is 0 Å². The summed E-state index contributed by atoms with van der Waals surface area (Å²) in [4.78, 5) is 0. The number of hydrogen-bond donors (Lipinski definition) is 0. The molecule has 0 N–H and O–H groups in total. The largest absolute Gasteiger partial charge is 0.487 e. The van der Waals surface area contributed by atoms with E-state index in [2.05, 4.69) is 45.9 Å². The van der Waals surface area contributed by atoms with Gasteiger partial charge in [0.15, 0.2) is 0 Å². The summed E-state index contributed by atoms with van der Waals surface area (Å²) in [5.41, 5.74) is 2.47. The van der Waals surface area contributed by atoms with Crippen LogP contribution in [0, 0.1) is 5.92 Å². The second-order valence-corrected chi connectivity index (χ2v) is 6.35. The second-order valence-electron chi connectivity index (χ2n) is 5.88. The van der Waals surface area contributed by atoms with Crippen molar-refractivity contribution < 1.29 is 4.74 Å². The minimum Gasteiger partial charge on any atom is -0.487 e. The van der Waals surface area contributed by atoms with Crippen LogP contribution >= 0.6 is 11.6 Å². The topological polar surface area (TPSA) is 9.23 Å². The second kappa shape index (κ2) is 5.13. The monoisotopic (exact) mass is 266 g/mol. The van der Waals surface area contributed by atoms with E-state index in [9.17, 15) is 0 Å². The van der Waals surface area contributed by atoms with Gasteiger partial charge in [-0.3, -0.25) is 0 Å². The molecule has 1 aromatic rings. The predicted octanol–water partition coefficient (Wildman–Crippen LogP) is 5.12. The fourth-order valence-electron chi connectivity index (χ4n) is 2.78. The Bertz CT molecular complexity index is 421. The van der Waals surface area contributed by atoms with Gasteiger partial charge in [-0.25, -0.2) is 0 Å². The molecule has 1 unspecified atom stereocenters. The van der Waals surface area contributed by atoms with Crippen LogP contribution in [-0.2, 0) is 6.42 Å². The molecule has 0 radical (unpaired) electrons. The Labute approximate surface area is 115 Å². The molecule has 1 aliphatic heterocycles. The van der Waals surface area contributed by atoms with Crippen LogP contribution in [-0.4, -0.2) is 5.60 Å². The predicted molar refractivity (Wildman–Crippen MR) is 77.5 cm³/mol. The number of ether oxygens (including phenoxy) is 1. The molecular formula is C16H23ClO. The van der Waals surface area contributed by atoms with E-state index >= 15 is 0 Å². The van der Waals surface area contributed by atoms with Crippen molar-refractivity contribution in [2.45, 2.75) is 57.9 Å². The van der Waals surface area contributed by atoms with Crippen molar-refractivity contribution >= 4 is 11.6 Å². The van der Waals surface area contributed by atoms with Gasteiger partial charge in [-0.15, -0.1) is 11.6 Å². The number of fused-ring (bicyclic) bond motifs is 1. The summed E-state index contributed by atoms with van der Waals surface area (Å²) in [7, 11) is 0. The van der Waals surface area contributed by atoms with Crippen molar-refractivity contribution in [3.63, 3.8) is 0 Å². The summed E-state index contributed by atoms with van der Waals surface area (Å²) in [6.07, 6.45) is 3.23. The van der Waals surface area contributed by atoms with E-state index in [1.807, 2.05) is 0 Å². The van der Waals surface area contributed by atoms with Crippen LogP contribution in [0.15, 0.2) is 18.2 Å². The maximum atomic E-state index is 6.60.